The van der Waals surface area contributed by atoms with E-state index in [0.29, 0.717) is 16.1 Å². The maximum Gasteiger partial charge on any atom is 0.262 e. The summed E-state index contributed by atoms with van der Waals surface area (Å²) in [7, 11) is 0. The molecule has 1 aliphatic rings. The zero-order chi connectivity index (χ0) is 21.8. The molecule has 1 fully saturated rings. The third-order valence-electron chi connectivity index (χ3n) is 5.51. The summed E-state index contributed by atoms with van der Waals surface area (Å²) >= 11 is 1.33. The summed E-state index contributed by atoms with van der Waals surface area (Å²) in [5.41, 5.74) is 1.90. The molecule has 2 heterocycles. The minimum atomic E-state index is -0.0594. The number of fused-ring (bicyclic) bond motifs is 1. The quantitative estimate of drug-likeness (QED) is 0.454. The summed E-state index contributed by atoms with van der Waals surface area (Å²) < 4.78 is 1.68. The molecule has 0 saturated carbocycles. The molecule has 3 aromatic rings. The molecule has 1 unspecified atom stereocenters. The maximum atomic E-state index is 12.9. The van der Waals surface area contributed by atoms with E-state index in [1.807, 2.05) is 38.1 Å². The molecule has 1 aromatic heterocycles. The predicted molar refractivity (Wildman–Crippen MR) is 125 cm³/mol. The van der Waals surface area contributed by atoms with Crippen molar-refractivity contribution >= 4 is 28.6 Å². The van der Waals surface area contributed by atoms with Crippen LogP contribution in [0.5, 0.6) is 0 Å². The monoisotopic (exact) mass is 436 g/mol. The van der Waals surface area contributed by atoms with Gasteiger partial charge in [0.25, 0.3) is 5.56 Å². The number of benzene rings is 2. The minimum Gasteiger partial charge on any atom is -0.351 e. The second-order valence-electron chi connectivity index (χ2n) is 8.24. The van der Waals surface area contributed by atoms with Crippen LogP contribution in [0.15, 0.2) is 64.5 Å². The van der Waals surface area contributed by atoms with Gasteiger partial charge in [0.1, 0.15) is 0 Å². The molecule has 1 atom stereocenters. The fourth-order valence-electron chi connectivity index (χ4n) is 4.02. The van der Waals surface area contributed by atoms with Gasteiger partial charge in [-0.05, 0) is 38.0 Å². The van der Waals surface area contributed by atoms with Crippen LogP contribution in [0.4, 0.5) is 0 Å². The molecule has 0 bridgehead atoms. The fourth-order valence-corrected chi connectivity index (χ4v) is 4.96. The van der Waals surface area contributed by atoms with E-state index in [2.05, 4.69) is 39.5 Å². The Kier molecular flexibility index (Phi) is 6.73. The molecule has 31 heavy (non-hydrogen) atoms. The number of likely N-dealkylation sites (tertiary alicyclic amines) is 1. The lowest BCUT2D eigenvalue weighted by Crippen LogP contribution is -2.38. The highest BCUT2D eigenvalue weighted by Gasteiger charge is 2.24. The van der Waals surface area contributed by atoms with Crippen molar-refractivity contribution in [1.82, 2.24) is 19.8 Å². The molecule has 0 radical (unpaired) electrons. The molecule has 1 amide bonds. The van der Waals surface area contributed by atoms with Gasteiger partial charge in [-0.15, -0.1) is 0 Å². The fraction of sp³-hybridized carbons (Fsp3) is 0.375. The highest BCUT2D eigenvalue weighted by Crippen LogP contribution is 2.21. The molecule has 0 spiro atoms. The first-order valence-electron chi connectivity index (χ1n) is 10.7. The first-order valence-corrected chi connectivity index (χ1v) is 11.7. The summed E-state index contributed by atoms with van der Waals surface area (Å²) in [6.45, 7) is 6.66. The number of nitrogens with zero attached hydrogens (tertiary/aromatic N) is 3. The number of rotatable bonds is 7. The highest BCUT2D eigenvalue weighted by molar-refractivity contribution is 7.99. The number of hydrogen-bond acceptors (Lipinski definition) is 5. The van der Waals surface area contributed by atoms with Crippen molar-refractivity contribution < 1.29 is 4.79 Å². The second kappa shape index (κ2) is 9.66. The summed E-state index contributed by atoms with van der Waals surface area (Å²) in [6, 6.07) is 17.9. The number of aromatic nitrogens is 2. The number of hydrogen-bond donors (Lipinski definition) is 1. The molecule has 1 N–H and O–H groups in total. The zero-order valence-corrected chi connectivity index (χ0v) is 18.8. The number of thioether (sulfide) groups is 1. The average molecular weight is 437 g/mol. The molecular formula is C24H28N4O2S. The summed E-state index contributed by atoms with van der Waals surface area (Å²) in [5, 5.41) is 4.34. The van der Waals surface area contributed by atoms with Gasteiger partial charge in [-0.2, -0.15) is 0 Å². The predicted octanol–water partition coefficient (Wildman–Crippen LogP) is 3.46. The van der Waals surface area contributed by atoms with Gasteiger partial charge in [0.05, 0.1) is 16.7 Å². The van der Waals surface area contributed by atoms with Crippen molar-refractivity contribution in [2.24, 2.45) is 0 Å². The lowest BCUT2D eigenvalue weighted by atomic mass is 10.2. The second-order valence-corrected chi connectivity index (χ2v) is 9.19. The van der Waals surface area contributed by atoms with E-state index >= 15 is 0 Å². The average Bonchev–Trinajstić information content (AvgIpc) is 3.19. The van der Waals surface area contributed by atoms with Crippen LogP contribution in [-0.2, 0) is 11.3 Å². The van der Waals surface area contributed by atoms with E-state index in [-0.39, 0.29) is 29.3 Å². The van der Waals surface area contributed by atoms with E-state index in [0.717, 1.165) is 26.1 Å². The van der Waals surface area contributed by atoms with Crippen LogP contribution < -0.4 is 10.9 Å². The van der Waals surface area contributed by atoms with E-state index in [1.165, 1.54) is 17.3 Å². The van der Waals surface area contributed by atoms with Crippen LogP contribution in [0.1, 0.15) is 31.9 Å². The van der Waals surface area contributed by atoms with Gasteiger partial charge in [0, 0.05) is 31.7 Å². The van der Waals surface area contributed by atoms with Gasteiger partial charge in [-0.1, -0.05) is 54.2 Å². The van der Waals surface area contributed by atoms with E-state index in [9.17, 15) is 9.59 Å². The number of carbonyl (C=O) groups is 1. The van der Waals surface area contributed by atoms with E-state index in [4.69, 9.17) is 0 Å². The molecule has 4 rings (SSSR count). The first kappa shape index (κ1) is 21.6. The minimum absolute atomic E-state index is 0.0192. The topological polar surface area (TPSA) is 67.2 Å². The van der Waals surface area contributed by atoms with Crippen LogP contribution in [-0.4, -0.2) is 45.2 Å². The van der Waals surface area contributed by atoms with Crippen LogP contribution in [0.2, 0.25) is 0 Å². The maximum absolute atomic E-state index is 12.9. The molecule has 1 aliphatic heterocycles. The number of carbonyl (C=O) groups excluding carboxylic acids is 1. The Morgan fingerprint density at radius 1 is 1.16 bits per heavy atom. The summed E-state index contributed by atoms with van der Waals surface area (Å²) in [4.78, 5) is 32.5. The van der Waals surface area contributed by atoms with Gasteiger partial charge >= 0.3 is 0 Å². The van der Waals surface area contributed by atoms with Crippen molar-refractivity contribution in [3.05, 3.63) is 70.5 Å². The first-order chi connectivity index (χ1) is 15.0. The Morgan fingerprint density at radius 3 is 2.68 bits per heavy atom. The molecule has 2 aromatic carbocycles. The normalized spacial score (nSPS) is 16.8. The van der Waals surface area contributed by atoms with Gasteiger partial charge in [0.15, 0.2) is 5.16 Å². The Bertz CT molecular complexity index is 1110. The molecule has 6 nitrogen and oxygen atoms in total. The molecule has 1 saturated heterocycles. The van der Waals surface area contributed by atoms with Crippen molar-refractivity contribution in [1.29, 1.82) is 0 Å². The number of nitrogens with one attached hydrogen (secondary N) is 1. The summed E-state index contributed by atoms with van der Waals surface area (Å²) in [5.74, 6) is 0.224. The molecular weight excluding hydrogens is 408 g/mol. The Hall–Kier alpha value is -2.64. The van der Waals surface area contributed by atoms with Crippen molar-refractivity contribution in [3.8, 4) is 0 Å². The van der Waals surface area contributed by atoms with Gasteiger partial charge in [0.2, 0.25) is 5.91 Å². The van der Waals surface area contributed by atoms with Crippen molar-refractivity contribution in [3.63, 3.8) is 0 Å². The van der Waals surface area contributed by atoms with Gasteiger partial charge in [-0.25, -0.2) is 4.98 Å². The van der Waals surface area contributed by atoms with Crippen molar-refractivity contribution in [2.75, 3.05) is 18.8 Å². The van der Waals surface area contributed by atoms with Crippen LogP contribution in [0, 0.1) is 0 Å². The zero-order valence-electron chi connectivity index (χ0n) is 18.0. The lowest BCUT2D eigenvalue weighted by molar-refractivity contribution is -0.119. The highest BCUT2D eigenvalue weighted by atomic mass is 32.2. The Balaban J connectivity index is 1.36. The van der Waals surface area contributed by atoms with Crippen LogP contribution in [0.25, 0.3) is 10.9 Å². The van der Waals surface area contributed by atoms with Crippen LogP contribution in [0.3, 0.4) is 0 Å². The van der Waals surface area contributed by atoms with Gasteiger partial charge in [-0.3, -0.25) is 19.1 Å². The molecule has 0 aliphatic carbocycles. The van der Waals surface area contributed by atoms with Crippen molar-refractivity contribution in [2.45, 2.75) is 44.1 Å². The number of para-hydroxylation sites is 1. The number of amides is 1. The lowest BCUT2D eigenvalue weighted by Gasteiger charge is -2.18. The summed E-state index contributed by atoms with van der Waals surface area (Å²) in [6.07, 6.45) is 0.953. The van der Waals surface area contributed by atoms with Gasteiger partial charge < -0.3 is 5.32 Å². The SMILES string of the molecule is CC(C)n1c(SCC(=O)NC2CCN(Cc3ccccc3)C2)nc2ccccc2c1=O. The van der Waals surface area contributed by atoms with E-state index in [1.54, 1.807) is 10.6 Å². The van der Waals surface area contributed by atoms with Crippen LogP contribution >= 0.6 is 11.8 Å². The molecule has 7 heteroatoms. The largest absolute Gasteiger partial charge is 0.351 e. The Morgan fingerprint density at radius 2 is 1.90 bits per heavy atom. The smallest absolute Gasteiger partial charge is 0.262 e. The Labute approximate surface area is 186 Å². The third-order valence-corrected chi connectivity index (χ3v) is 6.46. The standard InChI is InChI=1S/C24H28N4O2S/c1-17(2)28-23(30)20-10-6-7-11-21(20)26-24(28)31-16-22(29)25-19-12-13-27(15-19)14-18-8-4-3-5-9-18/h3-11,17,19H,12-16H2,1-2H3,(H,25,29). The molecule has 162 valence electrons. The third kappa shape index (κ3) is 5.17. The van der Waals surface area contributed by atoms with E-state index < -0.39 is 0 Å².